The summed E-state index contributed by atoms with van der Waals surface area (Å²) in [6.45, 7) is 7.82. The van der Waals surface area contributed by atoms with E-state index in [1.807, 2.05) is 12.1 Å². The van der Waals surface area contributed by atoms with Crippen LogP contribution in [0.25, 0.3) is 0 Å². The predicted molar refractivity (Wildman–Crippen MR) is 182 cm³/mol. The number of unbranched alkanes of at least 4 members (excludes halogenated alkanes) is 2. The van der Waals surface area contributed by atoms with E-state index in [2.05, 4.69) is 13.8 Å². The van der Waals surface area contributed by atoms with E-state index in [1.54, 1.807) is 13.8 Å². The third kappa shape index (κ3) is 9.04. The number of benzene rings is 2. The molecule has 0 atom stereocenters. The van der Waals surface area contributed by atoms with Crippen LogP contribution in [0.4, 0.5) is 17.6 Å². The van der Waals surface area contributed by atoms with Crippen molar-refractivity contribution in [3.63, 3.8) is 0 Å². The Kier molecular flexibility index (Phi) is 13.4. The van der Waals surface area contributed by atoms with Crippen LogP contribution in [0.3, 0.4) is 0 Å². The topological polar surface area (TPSA) is 17.1 Å². The van der Waals surface area contributed by atoms with Crippen molar-refractivity contribution in [3.8, 4) is 0 Å². The molecule has 0 amide bonds. The van der Waals surface area contributed by atoms with Gasteiger partial charge in [-0.15, -0.1) is 0 Å². The van der Waals surface area contributed by atoms with Crippen molar-refractivity contribution in [2.45, 2.75) is 167 Å². The highest BCUT2D eigenvalue weighted by atomic mass is 19.3. The second-order valence-corrected chi connectivity index (χ2v) is 14.6. The number of carbonyl (C=O) groups excluding carboxylic acids is 1. The van der Waals surface area contributed by atoms with E-state index < -0.39 is 17.6 Å². The normalized spacial score (nSPS) is 22.6. The van der Waals surface area contributed by atoms with Crippen molar-refractivity contribution in [2.24, 2.45) is 11.8 Å². The summed E-state index contributed by atoms with van der Waals surface area (Å²) in [7, 11) is 0. The highest BCUT2D eigenvalue weighted by Gasteiger charge is 2.39. The Hall–Kier alpha value is -2.17. The number of hydrogen-bond acceptors (Lipinski definition) is 1. The number of halogens is 4. The molecule has 1 nitrogen and oxygen atoms in total. The second-order valence-electron chi connectivity index (χ2n) is 14.6. The van der Waals surface area contributed by atoms with Crippen LogP contribution in [0, 0.1) is 11.8 Å². The molecule has 46 heavy (non-hydrogen) atoms. The van der Waals surface area contributed by atoms with Crippen molar-refractivity contribution in [2.75, 3.05) is 0 Å². The van der Waals surface area contributed by atoms with Crippen molar-refractivity contribution in [1.29, 1.82) is 0 Å². The Morgan fingerprint density at radius 2 is 0.957 bits per heavy atom. The van der Waals surface area contributed by atoms with Crippen LogP contribution in [-0.4, -0.2) is 5.78 Å². The van der Waals surface area contributed by atoms with Gasteiger partial charge in [0.1, 0.15) is 0 Å². The summed E-state index contributed by atoms with van der Waals surface area (Å²) in [5, 5.41) is 0. The fourth-order valence-electron chi connectivity index (χ4n) is 8.23. The molecule has 2 fully saturated rings. The quantitative estimate of drug-likeness (QED) is 0.132. The molecular weight excluding hydrogens is 584 g/mol. The van der Waals surface area contributed by atoms with Gasteiger partial charge in [-0.25, -0.2) is 17.6 Å². The second kappa shape index (κ2) is 16.8. The van der Waals surface area contributed by atoms with Gasteiger partial charge in [0.05, 0.1) is 0 Å². The van der Waals surface area contributed by atoms with Crippen LogP contribution in [-0.2, 0) is 11.8 Å². The Labute approximate surface area is 276 Å². The zero-order chi connectivity index (χ0) is 33.3. The van der Waals surface area contributed by atoms with E-state index in [0.717, 1.165) is 62.5 Å². The van der Waals surface area contributed by atoms with Crippen LogP contribution in [0.2, 0.25) is 0 Å². The maximum absolute atomic E-state index is 15.8. The lowest BCUT2D eigenvalue weighted by atomic mass is 9.75. The van der Waals surface area contributed by atoms with Crippen molar-refractivity contribution < 1.29 is 22.4 Å². The molecular formula is C41H58F4O. The number of hydrogen-bond donors (Lipinski definition) is 0. The highest BCUT2D eigenvalue weighted by Crippen LogP contribution is 2.45. The minimum atomic E-state index is -3.23. The lowest BCUT2D eigenvalue weighted by molar-refractivity contribution is -0.0152. The van der Waals surface area contributed by atoms with Gasteiger partial charge in [-0.1, -0.05) is 103 Å². The fourth-order valence-corrected chi connectivity index (χ4v) is 8.23. The third-order valence-electron chi connectivity index (χ3n) is 11.1. The average Bonchev–Trinajstić information content (AvgIpc) is 3.06. The molecule has 0 radical (unpaired) electrons. The molecule has 2 aliphatic rings. The maximum atomic E-state index is 15.8. The monoisotopic (exact) mass is 642 g/mol. The zero-order valence-electron chi connectivity index (χ0n) is 28.9. The number of carbonyl (C=O) groups is 1. The molecule has 256 valence electrons. The molecule has 0 spiro atoms. The minimum Gasteiger partial charge on any atom is -0.289 e. The third-order valence-corrected chi connectivity index (χ3v) is 11.1. The van der Waals surface area contributed by atoms with Crippen molar-refractivity contribution in [1.82, 2.24) is 0 Å². The molecule has 0 saturated heterocycles. The Balaban J connectivity index is 1.67. The lowest BCUT2D eigenvalue weighted by Gasteiger charge is -2.30. The van der Waals surface area contributed by atoms with Gasteiger partial charge in [0.25, 0.3) is 11.8 Å². The van der Waals surface area contributed by atoms with E-state index in [4.69, 9.17) is 0 Å². The lowest BCUT2D eigenvalue weighted by Crippen LogP contribution is -2.23. The number of rotatable bonds is 16. The molecule has 0 heterocycles. The Bertz CT molecular complexity index is 1160. The van der Waals surface area contributed by atoms with Crippen LogP contribution in [0.5, 0.6) is 0 Å². The van der Waals surface area contributed by atoms with Crippen LogP contribution >= 0.6 is 0 Å². The molecule has 2 aliphatic carbocycles. The highest BCUT2D eigenvalue weighted by molar-refractivity contribution is 6.11. The first-order valence-electron chi connectivity index (χ1n) is 18.6. The summed E-state index contributed by atoms with van der Waals surface area (Å²) >= 11 is 0. The zero-order valence-corrected chi connectivity index (χ0v) is 28.9. The molecule has 0 aliphatic heterocycles. The smallest absolute Gasteiger partial charge is 0.273 e. The minimum absolute atomic E-state index is 0.142. The standard InChI is InChI=1S/C41H58F4O/c1-5-9-11-29-13-17-31(18-14-29)33-21-23-35(37(27-33)40(42,43)25-7-3)39(46)36-24-22-34(28-38(36)41(44,45)26-8-4)32-19-15-30(16-20-32)12-10-6-2/h21-24,27-32H,5-20,25-26H2,1-4H3. The first kappa shape index (κ1) is 36.7. The van der Waals surface area contributed by atoms with Crippen LogP contribution < -0.4 is 0 Å². The molecule has 0 unspecified atom stereocenters. The summed E-state index contributed by atoms with van der Waals surface area (Å²) in [5.74, 6) is -5.42. The summed E-state index contributed by atoms with van der Waals surface area (Å²) in [6, 6.07) is 9.71. The molecule has 4 rings (SSSR count). The molecule has 0 N–H and O–H groups in total. The first-order valence-corrected chi connectivity index (χ1v) is 18.6. The number of ketones is 1. The van der Waals surface area contributed by atoms with Gasteiger partial charge in [-0.2, -0.15) is 0 Å². The summed E-state index contributed by atoms with van der Waals surface area (Å²) < 4.78 is 63.3. The molecule has 5 heteroatoms. The molecule has 0 bridgehead atoms. The van der Waals surface area contributed by atoms with Gasteiger partial charge >= 0.3 is 0 Å². The first-order chi connectivity index (χ1) is 22.0. The molecule has 2 aromatic carbocycles. The summed E-state index contributed by atoms with van der Waals surface area (Å²) in [5.41, 5.74) is 0.803. The van der Waals surface area contributed by atoms with Gasteiger partial charge in [-0.05, 0) is 98.3 Å². The SMILES string of the molecule is CCCCC1CCC(c2ccc(C(=O)c3ccc(C4CCC(CCCC)CC4)cc3C(F)(F)CCC)c(C(F)(F)CCC)c2)CC1. The van der Waals surface area contributed by atoms with E-state index in [0.29, 0.717) is 11.8 Å². The average molecular weight is 643 g/mol. The fraction of sp³-hybridized carbons (Fsp3) is 0.683. The van der Waals surface area contributed by atoms with Gasteiger partial charge < -0.3 is 0 Å². The largest absolute Gasteiger partial charge is 0.289 e. The van der Waals surface area contributed by atoms with Gasteiger partial charge in [0.2, 0.25) is 0 Å². The van der Waals surface area contributed by atoms with Crippen LogP contribution in [0.15, 0.2) is 36.4 Å². The van der Waals surface area contributed by atoms with E-state index >= 15 is 17.6 Å². The van der Waals surface area contributed by atoms with Crippen molar-refractivity contribution in [3.05, 3.63) is 69.8 Å². The van der Waals surface area contributed by atoms with Crippen LogP contribution in [0.1, 0.15) is 193 Å². The molecule has 0 aromatic heterocycles. The van der Waals surface area contributed by atoms with Gasteiger partial charge in [0, 0.05) is 35.1 Å². The van der Waals surface area contributed by atoms with Gasteiger partial charge in [0.15, 0.2) is 5.78 Å². The van der Waals surface area contributed by atoms with Crippen molar-refractivity contribution >= 4 is 5.78 Å². The Morgan fingerprint density at radius 1 is 0.587 bits per heavy atom. The van der Waals surface area contributed by atoms with E-state index in [9.17, 15) is 4.79 Å². The summed E-state index contributed by atoms with van der Waals surface area (Å²) in [4.78, 5) is 14.2. The molecule has 2 aromatic rings. The predicted octanol–water partition coefficient (Wildman–Crippen LogP) is 13.6. The maximum Gasteiger partial charge on any atom is 0.273 e. The number of alkyl halides is 4. The van der Waals surface area contributed by atoms with E-state index in [-0.39, 0.29) is 59.8 Å². The Morgan fingerprint density at radius 3 is 1.28 bits per heavy atom. The molecule has 2 saturated carbocycles. The van der Waals surface area contributed by atoms with Gasteiger partial charge in [-0.3, -0.25) is 4.79 Å². The summed E-state index contributed by atoms with van der Waals surface area (Å²) in [6.07, 6.45) is 15.2. The van der Waals surface area contributed by atoms with E-state index in [1.165, 1.54) is 62.8 Å².